The van der Waals surface area contributed by atoms with Gasteiger partial charge in [-0.25, -0.2) is 0 Å². The first kappa shape index (κ1) is 31.1. The van der Waals surface area contributed by atoms with E-state index in [0.717, 1.165) is 39.4 Å². The Morgan fingerprint density at radius 1 is 0.955 bits per heavy atom. The zero-order valence-electron chi connectivity index (χ0n) is 23.1. The number of rotatable bonds is 9. The van der Waals surface area contributed by atoms with Gasteiger partial charge in [0.15, 0.2) is 11.5 Å². The Hall–Kier alpha value is -4.29. The molecule has 1 aliphatic rings. The minimum Gasteiger partial charge on any atom is -0.490 e. The summed E-state index contributed by atoms with van der Waals surface area (Å²) in [4.78, 5) is 39.0. The Kier molecular flexibility index (Phi) is 9.31. The van der Waals surface area contributed by atoms with Crippen LogP contribution in [0.3, 0.4) is 0 Å². The second-order valence-electron chi connectivity index (χ2n) is 9.62. The summed E-state index contributed by atoms with van der Waals surface area (Å²) >= 11 is 4.15. The Morgan fingerprint density at radius 3 is 2.45 bits per heavy atom. The molecule has 0 spiro atoms. The molecule has 1 saturated heterocycles. The normalized spacial score (nSPS) is 14.4. The highest BCUT2D eigenvalue weighted by atomic mass is 79.9. The number of carbonyl (C=O) groups excluding carboxylic acids is 3. The first-order valence-corrected chi connectivity index (χ1v) is 14.9. The van der Waals surface area contributed by atoms with Crippen molar-refractivity contribution in [2.24, 2.45) is 0 Å². The van der Waals surface area contributed by atoms with Gasteiger partial charge in [-0.15, -0.1) is 0 Å². The summed E-state index contributed by atoms with van der Waals surface area (Å²) in [5.74, 6) is -0.618. The fourth-order valence-corrected chi connectivity index (χ4v) is 5.69. The molecule has 0 unspecified atom stereocenters. The third-order valence-corrected chi connectivity index (χ3v) is 8.10. The number of nitrogens with zero attached hydrogens (tertiary/aromatic N) is 1. The average Bonchev–Trinajstić information content (AvgIpc) is 3.24. The van der Waals surface area contributed by atoms with Crippen LogP contribution in [0.25, 0.3) is 16.8 Å². The van der Waals surface area contributed by atoms with E-state index in [0.29, 0.717) is 39.9 Å². The quantitative estimate of drug-likeness (QED) is 0.179. The molecule has 7 nitrogen and oxygen atoms in total. The number of thioether (sulfide) groups is 1. The van der Waals surface area contributed by atoms with Gasteiger partial charge in [0.2, 0.25) is 5.91 Å². The van der Waals surface area contributed by atoms with E-state index >= 15 is 0 Å². The van der Waals surface area contributed by atoms with Crippen LogP contribution >= 0.6 is 27.7 Å². The minimum atomic E-state index is -4.59. The summed E-state index contributed by atoms with van der Waals surface area (Å²) < 4.78 is 51.4. The van der Waals surface area contributed by atoms with Crippen LogP contribution in [0.2, 0.25) is 0 Å². The molecule has 12 heteroatoms. The second-order valence-corrected chi connectivity index (χ2v) is 11.5. The van der Waals surface area contributed by atoms with Gasteiger partial charge in [-0.05, 0) is 83.1 Å². The van der Waals surface area contributed by atoms with Crippen LogP contribution in [0, 0.1) is 0 Å². The lowest BCUT2D eigenvalue weighted by Crippen LogP contribution is -2.36. The van der Waals surface area contributed by atoms with Crippen molar-refractivity contribution in [2.75, 3.05) is 18.5 Å². The fourth-order valence-electron chi connectivity index (χ4n) is 4.43. The number of hydrogen-bond donors (Lipinski definition) is 1. The van der Waals surface area contributed by atoms with Crippen molar-refractivity contribution in [1.82, 2.24) is 4.90 Å². The molecule has 3 amide bonds. The molecule has 1 aliphatic heterocycles. The molecule has 4 aromatic carbocycles. The fraction of sp³-hybridized carbons (Fsp3) is 0.156. The number of anilines is 1. The summed E-state index contributed by atoms with van der Waals surface area (Å²) in [5.41, 5.74) is 0.455. The van der Waals surface area contributed by atoms with E-state index in [1.165, 1.54) is 12.1 Å². The van der Waals surface area contributed by atoms with E-state index in [4.69, 9.17) is 9.47 Å². The molecular formula is C32H24BrF3N2O5S. The number of ether oxygens (including phenoxy) is 2. The molecule has 226 valence electrons. The summed E-state index contributed by atoms with van der Waals surface area (Å²) in [6.07, 6.45) is -3.09. The molecular weight excluding hydrogens is 661 g/mol. The lowest BCUT2D eigenvalue weighted by atomic mass is 10.1. The zero-order chi connectivity index (χ0) is 31.4. The van der Waals surface area contributed by atoms with Gasteiger partial charge in [0, 0.05) is 10.2 Å². The van der Waals surface area contributed by atoms with Crippen LogP contribution in [0.4, 0.5) is 23.7 Å². The number of benzene rings is 4. The maximum Gasteiger partial charge on any atom is 0.416 e. The molecule has 0 saturated carbocycles. The van der Waals surface area contributed by atoms with Gasteiger partial charge in [-0.3, -0.25) is 19.3 Å². The zero-order valence-corrected chi connectivity index (χ0v) is 25.5. The van der Waals surface area contributed by atoms with Crippen LogP contribution in [0.1, 0.15) is 23.6 Å². The topological polar surface area (TPSA) is 84.9 Å². The van der Waals surface area contributed by atoms with Gasteiger partial charge >= 0.3 is 6.18 Å². The third kappa shape index (κ3) is 7.25. The molecule has 0 aromatic heterocycles. The third-order valence-electron chi connectivity index (χ3n) is 6.51. The Morgan fingerprint density at radius 2 is 1.70 bits per heavy atom. The van der Waals surface area contributed by atoms with E-state index in [9.17, 15) is 27.6 Å². The lowest BCUT2D eigenvalue weighted by molar-refractivity contribution is -0.137. The molecule has 0 aliphatic carbocycles. The van der Waals surface area contributed by atoms with Crippen molar-refractivity contribution < 1.29 is 37.0 Å². The predicted octanol–water partition coefficient (Wildman–Crippen LogP) is 8.27. The van der Waals surface area contributed by atoms with E-state index in [1.54, 1.807) is 12.1 Å². The van der Waals surface area contributed by atoms with Crippen LogP contribution in [0.5, 0.6) is 11.5 Å². The van der Waals surface area contributed by atoms with Crippen molar-refractivity contribution in [3.8, 4) is 11.5 Å². The monoisotopic (exact) mass is 684 g/mol. The van der Waals surface area contributed by atoms with E-state index in [-0.39, 0.29) is 17.2 Å². The number of alkyl halides is 3. The maximum absolute atomic E-state index is 13.1. The highest BCUT2D eigenvalue weighted by Gasteiger charge is 2.37. The molecule has 0 radical (unpaired) electrons. The van der Waals surface area contributed by atoms with E-state index in [2.05, 4.69) is 27.3 Å². The Bertz CT molecular complexity index is 1790. The number of halogens is 4. The number of nitrogens with one attached hydrogen (secondary N) is 1. The minimum absolute atomic E-state index is 0.0647. The van der Waals surface area contributed by atoms with Gasteiger partial charge < -0.3 is 14.8 Å². The molecule has 1 N–H and O–H groups in total. The van der Waals surface area contributed by atoms with E-state index < -0.39 is 35.3 Å². The summed E-state index contributed by atoms with van der Waals surface area (Å²) in [7, 11) is 0. The van der Waals surface area contributed by atoms with Crippen molar-refractivity contribution in [1.29, 1.82) is 0 Å². The van der Waals surface area contributed by atoms with Crippen molar-refractivity contribution in [2.45, 2.75) is 19.7 Å². The maximum atomic E-state index is 13.1. The van der Waals surface area contributed by atoms with Gasteiger partial charge in [0.1, 0.15) is 13.2 Å². The smallest absolute Gasteiger partial charge is 0.416 e. The van der Waals surface area contributed by atoms with E-state index in [1.807, 2.05) is 43.3 Å². The van der Waals surface area contributed by atoms with Crippen LogP contribution < -0.4 is 14.8 Å². The number of hydrogen-bond acceptors (Lipinski definition) is 6. The molecule has 0 atom stereocenters. The highest BCUT2D eigenvalue weighted by molar-refractivity contribution is 9.10. The Balaban J connectivity index is 1.29. The number of carbonyl (C=O) groups is 3. The van der Waals surface area contributed by atoms with Gasteiger partial charge in [-0.2, -0.15) is 13.2 Å². The molecule has 0 bridgehead atoms. The first-order chi connectivity index (χ1) is 21.0. The summed E-state index contributed by atoms with van der Waals surface area (Å²) in [6, 6.07) is 21.5. The van der Waals surface area contributed by atoms with Crippen molar-refractivity contribution >= 4 is 67.3 Å². The molecule has 5 rings (SSSR count). The molecule has 1 fully saturated rings. The number of fused-ring (bicyclic) bond motifs is 1. The molecule has 1 heterocycles. The second kappa shape index (κ2) is 13.1. The van der Waals surface area contributed by atoms with Crippen LogP contribution in [-0.4, -0.2) is 35.1 Å². The number of imide groups is 1. The average molecular weight is 686 g/mol. The van der Waals surface area contributed by atoms with Gasteiger partial charge in [0.05, 0.1) is 17.1 Å². The summed E-state index contributed by atoms with van der Waals surface area (Å²) in [6.45, 7) is 1.80. The highest BCUT2D eigenvalue weighted by Crippen LogP contribution is 2.39. The molecule has 4 aromatic rings. The van der Waals surface area contributed by atoms with Gasteiger partial charge in [-0.1, -0.05) is 58.4 Å². The largest absolute Gasteiger partial charge is 0.490 e. The SMILES string of the molecule is CCOc1cc(/C=C2\SC(=O)N(CC(=O)Nc3cccc(C(F)(F)F)c3)C2=O)c(Br)cc1OCc1ccc2ccccc2c1. The molecule has 44 heavy (non-hydrogen) atoms. The van der Waals surface area contributed by atoms with Crippen LogP contribution in [-0.2, 0) is 22.4 Å². The number of amides is 3. The van der Waals surface area contributed by atoms with Crippen molar-refractivity contribution in [3.05, 3.63) is 105 Å². The van der Waals surface area contributed by atoms with Gasteiger partial charge in [0.25, 0.3) is 11.1 Å². The Labute approximate surface area is 263 Å². The first-order valence-electron chi connectivity index (χ1n) is 13.3. The lowest BCUT2D eigenvalue weighted by Gasteiger charge is -2.15. The standard InChI is InChI=1S/C32H24BrF3N2O5S/c1-2-42-26-13-22(25(33)16-27(26)43-18-19-10-11-20-6-3-4-7-21(20)12-19)14-28-30(40)38(31(41)44-28)17-29(39)37-24-9-5-8-23(15-24)32(34,35)36/h3-16H,2,17-18H2,1H3,(H,37,39)/b28-14-. The predicted molar refractivity (Wildman–Crippen MR) is 166 cm³/mol. The van der Waals surface area contributed by atoms with Crippen molar-refractivity contribution in [3.63, 3.8) is 0 Å². The summed E-state index contributed by atoms with van der Waals surface area (Å²) in [5, 5.41) is 3.84. The van der Waals surface area contributed by atoms with Crippen LogP contribution in [0.15, 0.2) is 88.2 Å².